The SMILES string of the molecule is c1ccc(-n2c3ccc(cc3)c3ccc(c4c5c6ccccc6ccc5c34)n(-c3ccccc3)c3c4ccccc4ccc32)cc1. The third-order valence-electron chi connectivity index (χ3n) is 9.68. The number of aromatic nitrogens is 2. The maximum Gasteiger partial charge on any atom is 0.0781 e. The number of hydrogen-bond acceptors (Lipinski definition) is 0. The quantitative estimate of drug-likeness (QED) is 0.191. The van der Waals surface area contributed by atoms with E-state index in [-0.39, 0.29) is 0 Å². The summed E-state index contributed by atoms with van der Waals surface area (Å²) in [6.07, 6.45) is 0. The highest BCUT2D eigenvalue weighted by Crippen LogP contribution is 2.46. The number of para-hydroxylation sites is 2. The Morgan fingerprint density at radius 2 is 0.761 bits per heavy atom. The van der Waals surface area contributed by atoms with Gasteiger partial charge in [0.25, 0.3) is 0 Å². The minimum absolute atomic E-state index is 1.12. The van der Waals surface area contributed by atoms with Crippen molar-refractivity contribution in [3.63, 3.8) is 0 Å². The van der Waals surface area contributed by atoms with E-state index in [1.807, 2.05) is 0 Å². The third kappa shape index (κ3) is 3.53. The van der Waals surface area contributed by atoms with Gasteiger partial charge in [0.1, 0.15) is 0 Å². The Labute approximate surface area is 265 Å². The van der Waals surface area contributed by atoms with Crippen LogP contribution in [0.5, 0.6) is 0 Å². The topological polar surface area (TPSA) is 9.86 Å². The average molecular weight is 585 g/mol. The molecule has 214 valence electrons. The van der Waals surface area contributed by atoms with Crippen LogP contribution in [0.25, 0.3) is 87.3 Å². The van der Waals surface area contributed by atoms with E-state index in [9.17, 15) is 0 Å². The average Bonchev–Trinajstić information content (AvgIpc) is 3.11. The van der Waals surface area contributed by atoms with Gasteiger partial charge in [-0.1, -0.05) is 121 Å². The van der Waals surface area contributed by atoms with E-state index < -0.39 is 0 Å². The number of hydrogen-bond donors (Lipinski definition) is 0. The van der Waals surface area contributed by atoms with Gasteiger partial charge >= 0.3 is 0 Å². The van der Waals surface area contributed by atoms with Crippen LogP contribution in [0, 0.1) is 0 Å². The summed E-state index contributed by atoms with van der Waals surface area (Å²) in [4.78, 5) is 0. The summed E-state index contributed by atoms with van der Waals surface area (Å²) in [6, 6.07) is 62.2. The Morgan fingerprint density at radius 3 is 1.48 bits per heavy atom. The lowest BCUT2D eigenvalue weighted by Crippen LogP contribution is -2.04. The van der Waals surface area contributed by atoms with Crippen LogP contribution in [0.2, 0.25) is 0 Å². The molecule has 3 heterocycles. The molecule has 46 heavy (non-hydrogen) atoms. The van der Waals surface area contributed by atoms with Crippen LogP contribution in [0.4, 0.5) is 0 Å². The van der Waals surface area contributed by atoms with Gasteiger partial charge < -0.3 is 9.13 Å². The maximum atomic E-state index is 2.51. The molecule has 0 aliphatic rings. The zero-order chi connectivity index (χ0) is 30.2. The van der Waals surface area contributed by atoms with Crippen molar-refractivity contribution in [3.8, 4) is 11.4 Å². The van der Waals surface area contributed by atoms with Crippen LogP contribution in [-0.4, -0.2) is 9.13 Å². The van der Waals surface area contributed by atoms with Gasteiger partial charge in [-0.05, 0) is 80.8 Å². The van der Waals surface area contributed by atoms with Crippen LogP contribution in [-0.2, 0) is 0 Å². The van der Waals surface area contributed by atoms with Gasteiger partial charge in [0.15, 0.2) is 0 Å². The van der Waals surface area contributed by atoms with E-state index in [0.29, 0.717) is 0 Å². The minimum Gasteiger partial charge on any atom is -0.308 e. The normalized spacial score (nSPS) is 11.9. The lowest BCUT2D eigenvalue weighted by Gasteiger charge is -2.23. The standard InChI is InChI=1S/C44H28N2/c1-3-13-32(14-4-1)45-34-23-19-31(20-24-34)36-26-28-39(43-41-35-17-9-7-11-29(35)21-25-38(41)42(36)43)46(33-15-5-2-6-16-33)44-37-18-10-8-12-30(37)22-27-40(44)45/h1-28H. The van der Waals surface area contributed by atoms with Gasteiger partial charge in [0.2, 0.25) is 0 Å². The van der Waals surface area contributed by atoms with Crippen LogP contribution >= 0.6 is 0 Å². The molecule has 12 aromatic rings. The first-order valence-corrected chi connectivity index (χ1v) is 15.9. The molecule has 12 rings (SSSR count). The molecule has 3 aromatic heterocycles. The molecule has 0 radical (unpaired) electrons. The fourth-order valence-electron chi connectivity index (χ4n) is 7.66. The van der Waals surface area contributed by atoms with Crippen LogP contribution < -0.4 is 0 Å². The molecular formula is C44H28N2. The van der Waals surface area contributed by atoms with Gasteiger partial charge in [-0.25, -0.2) is 0 Å². The number of rotatable bonds is 2. The van der Waals surface area contributed by atoms with Crippen molar-refractivity contribution < 1.29 is 0 Å². The Balaban J connectivity index is 1.60. The fourth-order valence-corrected chi connectivity index (χ4v) is 7.66. The lowest BCUT2D eigenvalue weighted by atomic mass is 9.86. The maximum absolute atomic E-state index is 2.51. The van der Waals surface area contributed by atoms with Crippen molar-refractivity contribution in [3.05, 3.63) is 170 Å². The first-order valence-electron chi connectivity index (χ1n) is 15.9. The van der Waals surface area contributed by atoms with E-state index in [0.717, 1.165) is 27.9 Å². The first-order chi connectivity index (χ1) is 22.8. The highest BCUT2D eigenvalue weighted by molar-refractivity contribution is 6.41. The van der Waals surface area contributed by atoms with Crippen LogP contribution in [0.3, 0.4) is 0 Å². The van der Waals surface area contributed by atoms with Crippen molar-refractivity contribution in [1.29, 1.82) is 0 Å². The molecule has 0 saturated heterocycles. The van der Waals surface area contributed by atoms with Gasteiger partial charge in [-0.2, -0.15) is 0 Å². The molecule has 9 aromatic carbocycles. The molecule has 0 saturated carbocycles. The van der Waals surface area contributed by atoms with Crippen molar-refractivity contribution >= 4 is 75.9 Å². The zero-order valence-electron chi connectivity index (χ0n) is 25.1. The Hall–Kier alpha value is -6.12. The molecule has 2 heteroatoms. The monoisotopic (exact) mass is 584 g/mol. The van der Waals surface area contributed by atoms with Crippen molar-refractivity contribution in [2.75, 3.05) is 0 Å². The number of nitrogens with zero attached hydrogens (tertiary/aromatic N) is 2. The van der Waals surface area contributed by atoms with E-state index >= 15 is 0 Å². The second kappa shape index (κ2) is 9.69. The van der Waals surface area contributed by atoms with Crippen LogP contribution in [0.15, 0.2) is 170 Å². The predicted molar refractivity (Wildman–Crippen MR) is 196 cm³/mol. The van der Waals surface area contributed by atoms with Gasteiger partial charge in [-0.3, -0.25) is 0 Å². The summed E-state index contributed by atoms with van der Waals surface area (Å²) in [7, 11) is 0. The van der Waals surface area contributed by atoms with E-state index in [2.05, 4.69) is 179 Å². The Kier molecular flexibility index (Phi) is 5.31. The number of fused-ring (bicyclic) bond motifs is 5. The minimum atomic E-state index is 1.12. The van der Waals surface area contributed by atoms with Crippen molar-refractivity contribution in [2.24, 2.45) is 0 Å². The van der Waals surface area contributed by atoms with E-state index in [1.165, 1.54) is 59.4 Å². The summed E-state index contributed by atoms with van der Waals surface area (Å²) in [5, 5.41) is 12.8. The molecule has 0 atom stereocenters. The molecular weight excluding hydrogens is 556 g/mol. The second-order valence-corrected chi connectivity index (χ2v) is 12.1. The van der Waals surface area contributed by atoms with Crippen molar-refractivity contribution in [2.45, 2.75) is 0 Å². The van der Waals surface area contributed by atoms with Gasteiger partial charge in [0.05, 0.1) is 16.6 Å². The van der Waals surface area contributed by atoms with Gasteiger partial charge in [0, 0.05) is 38.4 Å². The highest BCUT2D eigenvalue weighted by atomic mass is 15.0. The molecule has 0 unspecified atom stereocenters. The molecule has 0 aliphatic carbocycles. The van der Waals surface area contributed by atoms with Crippen molar-refractivity contribution in [1.82, 2.24) is 9.13 Å². The summed E-state index contributed by atoms with van der Waals surface area (Å²) in [6.45, 7) is 0. The highest BCUT2D eigenvalue weighted by Gasteiger charge is 2.20. The third-order valence-corrected chi connectivity index (χ3v) is 9.68. The summed E-state index contributed by atoms with van der Waals surface area (Å²) < 4.78 is 4.92. The molecule has 0 amide bonds. The molecule has 0 aliphatic heterocycles. The Morgan fingerprint density at radius 1 is 0.283 bits per heavy atom. The summed E-state index contributed by atoms with van der Waals surface area (Å²) in [5.41, 5.74) is 6.84. The van der Waals surface area contributed by atoms with E-state index in [4.69, 9.17) is 0 Å². The molecule has 2 nitrogen and oxygen atoms in total. The molecule has 4 bridgehead atoms. The lowest BCUT2D eigenvalue weighted by molar-refractivity contribution is 1.13. The van der Waals surface area contributed by atoms with Gasteiger partial charge in [-0.15, -0.1) is 0 Å². The van der Waals surface area contributed by atoms with Crippen LogP contribution in [0.1, 0.15) is 0 Å². The number of benzene rings is 8. The predicted octanol–water partition coefficient (Wildman–Crippen LogP) is 11.9. The second-order valence-electron chi connectivity index (χ2n) is 12.1. The Bertz CT molecular complexity index is 2820. The summed E-state index contributed by atoms with van der Waals surface area (Å²) in [5.74, 6) is 0. The fraction of sp³-hybridized carbons (Fsp3) is 0. The largest absolute Gasteiger partial charge is 0.308 e. The molecule has 0 fully saturated rings. The molecule has 0 spiro atoms. The summed E-state index contributed by atoms with van der Waals surface area (Å²) >= 11 is 0. The van der Waals surface area contributed by atoms with E-state index in [1.54, 1.807) is 0 Å². The zero-order valence-corrected chi connectivity index (χ0v) is 25.1. The first kappa shape index (κ1) is 25.2. The molecule has 0 N–H and O–H groups in total. The smallest absolute Gasteiger partial charge is 0.0781 e.